The van der Waals surface area contributed by atoms with Gasteiger partial charge in [0.2, 0.25) is 11.8 Å². The van der Waals surface area contributed by atoms with E-state index in [1.807, 2.05) is 79.7 Å². The highest BCUT2D eigenvalue weighted by molar-refractivity contribution is 7.99. The van der Waals surface area contributed by atoms with Crippen LogP contribution in [0.2, 0.25) is 0 Å². The minimum Gasteiger partial charge on any atom is -0.354 e. The number of aryl methyl sites for hydroxylation is 1. The van der Waals surface area contributed by atoms with Gasteiger partial charge in [0.15, 0.2) is 0 Å². The molecular weight excluding hydrogens is 452 g/mol. The summed E-state index contributed by atoms with van der Waals surface area (Å²) in [6.07, 6.45) is 0.850. The van der Waals surface area contributed by atoms with Crippen LogP contribution in [0.1, 0.15) is 37.0 Å². The van der Waals surface area contributed by atoms with Crippen LogP contribution in [-0.4, -0.2) is 35.1 Å². The van der Waals surface area contributed by atoms with Crippen LogP contribution in [0.25, 0.3) is 0 Å². The zero-order valence-corrected chi connectivity index (χ0v) is 21.8. The molecule has 0 aliphatic rings. The van der Waals surface area contributed by atoms with E-state index in [-0.39, 0.29) is 11.8 Å². The largest absolute Gasteiger partial charge is 0.354 e. The zero-order chi connectivity index (χ0) is 25.0. The Morgan fingerprint density at radius 2 is 1.51 bits per heavy atom. The van der Waals surface area contributed by atoms with Gasteiger partial charge >= 0.3 is 0 Å². The monoisotopic (exact) mass is 488 g/mol. The molecule has 1 N–H and O–H groups in total. The lowest BCUT2D eigenvalue weighted by Crippen LogP contribution is -2.51. The first kappa shape index (κ1) is 26.6. The summed E-state index contributed by atoms with van der Waals surface area (Å²) in [5.74, 6) is 0.898. The van der Waals surface area contributed by atoms with E-state index in [1.54, 1.807) is 16.7 Å². The Bertz CT molecular complexity index is 1070. The molecule has 0 unspecified atom stereocenters. The fraction of sp³-hybridized carbons (Fsp3) is 0.333. The van der Waals surface area contributed by atoms with Crippen LogP contribution in [0, 0.1) is 12.8 Å². The van der Waals surface area contributed by atoms with Gasteiger partial charge in [0.1, 0.15) is 6.04 Å². The molecule has 0 fully saturated rings. The molecule has 3 aromatic carbocycles. The van der Waals surface area contributed by atoms with Crippen molar-refractivity contribution < 1.29 is 9.59 Å². The molecule has 5 heteroatoms. The predicted octanol–water partition coefficient (Wildman–Crippen LogP) is 5.89. The molecule has 0 aliphatic heterocycles. The van der Waals surface area contributed by atoms with Crippen molar-refractivity contribution in [1.29, 1.82) is 0 Å². The van der Waals surface area contributed by atoms with E-state index in [9.17, 15) is 9.59 Å². The highest BCUT2D eigenvalue weighted by Crippen LogP contribution is 2.21. The number of carbonyl (C=O) groups excluding carboxylic acids is 2. The molecule has 1 atom stereocenters. The number of hydrogen-bond acceptors (Lipinski definition) is 3. The lowest BCUT2D eigenvalue weighted by Gasteiger charge is -2.32. The van der Waals surface area contributed by atoms with E-state index in [1.165, 1.54) is 0 Å². The molecule has 0 saturated heterocycles. The van der Waals surface area contributed by atoms with Gasteiger partial charge in [-0.15, -0.1) is 11.8 Å². The molecule has 35 heavy (non-hydrogen) atoms. The molecule has 0 spiro atoms. The van der Waals surface area contributed by atoms with Crippen LogP contribution in [0.5, 0.6) is 0 Å². The van der Waals surface area contributed by atoms with Crippen molar-refractivity contribution >= 4 is 23.6 Å². The summed E-state index contributed by atoms with van der Waals surface area (Å²) in [6, 6.07) is 27.6. The van der Waals surface area contributed by atoms with Crippen molar-refractivity contribution in [3.63, 3.8) is 0 Å². The average Bonchev–Trinajstić information content (AvgIpc) is 2.87. The van der Waals surface area contributed by atoms with E-state index < -0.39 is 6.04 Å². The van der Waals surface area contributed by atoms with Crippen LogP contribution in [-0.2, 0) is 22.6 Å². The number of hydrogen-bond donors (Lipinski definition) is 1. The molecule has 184 valence electrons. The van der Waals surface area contributed by atoms with E-state index in [0.29, 0.717) is 37.6 Å². The number of nitrogens with one attached hydrogen (secondary N) is 1. The quantitative estimate of drug-likeness (QED) is 0.324. The Balaban J connectivity index is 1.85. The molecule has 0 saturated carbocycles. The highest BCUT2D eigenvalue weighted by Gasteiger charge is 2.30. The third kappa shape index (κ3) is 8.59. The summed E-state index contributed by atoms with van der Waals surface area (Å²) in [4.78, 5) is 30.0. The average molecular weight is 489 g/mol. The second-order valence-corrected chi connectivity index (χ2v) is 10.4. The van der Waals surface area contributed by atoms with Gasteiger partial charge in [-0.05, 0) is 41.7 Å². The third-order valence-electron chi connectivity index (χ3n) is 5.89. The third-order valence-corrected chi connectivity index (χ3v) is 6.90. The number of benzene rings is 3. The number of amides is 2. The van der Waals surface area contributed by atoms with E-state index in [0.717, 1.165) is 21.6 Å². The first-order valence-corrected chi connectivity index (χ1v) is 13.3. The van der Waals surface area contributed by atoms with Crippen LogP contribution in [0.15, 0.2) is 89.8 Å². The van der Waals surface area contributed by atoms with E-state index in [4.69, 9.17) is 0 Å². The van der Waals surface area contributed by atoms with Gasteiger partial charge in [-0.25, -0.2) is 0 Å². The lowest BCUT2D eigenvalue weighted by molar-refractivity contribution is -0.141. The fourth-order valence-electron chi connectivity index (χ4n) is 3.86. The highest BCUT2D eigenvalue weighted by atomic mass is 32.2. The Morgan fingerprint density at radius 3 is 2.17 bits per heavy atom. The number of nitrogens with zero attached hydrogens (tertiary/aromatic N) is 1. The molecule has 0 radical (unpaired) electrons. The second-order valence-electron chi connectivity index (χ2n) is 9.20. The van der Waals surface area contributed by atoms with Crippen LogP contribution in [0.4, 0.5) is 0 Å². The zero-order valence-electron chi connectivity index (χ0n) is 20.9. The molecule has 4 nitrogen and oxygen atoms in total. The molecular formula is C30H36N2O2S. The fourth-order valence-corrected chi connectivity index (χ4v) is 4.73. The SMILES string of the molecule is Cc1ccccc1CN(C(=O)CCSc1ccccc1)[C@@H](Cc1ccccc1)C(=O)NCC(C)C. The first-order chi connectivity index (χ1) is 16.9. The van der Waals surface area contributed by atoms with Crippen LogP contribution < -0.4 is 5.32 Å². The van der Waals surface area contributed by atoms with Crippen LogP contribution >= 0.6 is 11.8 Å². The van der Waals surface area contributed by atoms with Gasteiger partial charge in [-0.1, -0.05) is 86.6 Å². The van der Waals surface area contributed by atoms with Crippen molar-refractivity contribution in [1.82, 2.24) is 10.2 Å². The molecule has 0 bridgehead atoms. The summed E-state index contributed by atoms with van der Waals surface area (Å²) in [5.41, 5.74) is 3.22. The van der Waals surface area contributed by atoms with Gasteiger partial charge in [-0.3, -0.25) is 9.59 Å². The Hall–Kier alpha value is -3.05. The molecule has 3 aromatic rings. The smallest absolute Gasteiger partial charge is 0.243 e. The van der Waals surface area contributed by atoms with Crippen molar-refractivity contribution in [2.75, 3.05) is 12.3 Å². The Labute approximate surface area is 214 Å². The predicted molar refractivity (Wildman–Crippen MR) is 145 cm³/mol. The summed E-state index contributed by atoms with van der Waals surface area (Å²) >= 11 is 1.67. The van der Waals surface area contributed by atoms with Gasteiger partial charge < -0.3 is 10.2 Å². The topological polar surface area (TPSA) is 49.4 Å². The Morgan fingerprint density at radius 1 is 0.886 bits per heavy atom. The summed E-state index contributed by atoms with van der Waals surface area (Å²) in [7, 11) is 0. The number of rotatable bonds is 12. The van der Waals surface area contributed by atoms with Gasteiger partial charge in [0.05, 0.1) is 0 Å². The summed E-state index contributed by atoms with van der Waals surface area (Å²) in [5, 5.41) is 3.08. The summed E-state index contributed by atoms with van der Waals surface area (Å²) < 4.78 is 0. The summed E-state index contributed by atoms with van der Waals surface area (Å²) in [6.45, 7) is 7.19. The molecule has 3 rings (SSSR count). The van der Waals surface area contributed by atoms with Crippen molar-refractivity contribution in [2.24, 2.45) is 5.92 Å². The standard InChI is InChI=1S/C30H36N2O2S/c1-23(2)21-31-30(34)28(20-25-13-6-4-7-14-25)32(22-26-15-11-10-12-24(26)3)29(33)18-19-35-27-16-8-5-9-17-27/h4-17,23,28H,18-22H2,1-3H3,(H,31,34)/t28-/m0/s1. The Kier molecular flexibility index (Phi) is 10.4. The molecule has 0 aliphatic carbocycles. The van der Waals surface area contributed by atoms with Crippen molar-refractivity contribution in [3.8, 4) is 0 Å². The minimum atomic E-state index is -0.579. The van der Waals surface area contributed by atoms with Crippen molar-refractivity contribution in [3.05, 3.63) is 102 Å². The number of carbonyl (C=O) groups is 2. The van der Waals surface area contributed by atoms with Crippen LogP contribution in [0.3, 0.4) is 0 Å². The maximum atomic E-state index is 13.7. The molecule has 2 amide bonds. The number of thioether (sulfide) groups is 1. The van der Waals surface area contributed by atoms with Crippen molar-refractivity contribution in [2.45, 2.75) is 51.1 Å². The normalized spacial score (nSPS) is 11.8. The van der Waals surface area contributed by atoms with Gasteiger partial charge in [0, 0.05) is 36.6 Å². The maximum Gasteiger partial charge on any atom is 0.243 e. The van der Waals surface area contributed by atoms with Gasteiger partial charge in [0.25, 0.3) is 0 Å². The molecule has 0 heterocycles. The lowest BCUT2D eigenvalue weighted by atomic mass is 10.0. The minimum absolute atomic E-state index is 0.00249. The first-order valence-electron chi connectivity index (χ1n) is 12.3. The maximum absolute atomic E-state index is 13.7. The van der Waals surface area contributed by atoms with Gasteiger partial charge in [-0.2, -0.15) is 0 Å². The molecule has 0 aromatic heterocycles. The second kappa shape index (κ2) is 13.7. The van der Waals surface area contributed by atoms with E-state index >= 15 is 0 Å². The van der Waals surface area contributed by atoms with E-state index in [2.05, 4.69) is 31.3 Å².